The molecule has 0 radical (unpaired) electrons. The summed E-state index contributed by atoms with van der Waals surface area (Å²) in [6.07, 6.45) is 13.8. The van der Waals surface area contributed by atoms with E-state index in [2.05, 4.69) is 37.1 Å². The van der Waals surface area contributed by atoms with E-state index in [9.17, 15) is 9.59 Å². The van der Waals surface area contributed by atoms with Crippen LogP contribution in [-0.2, 0) is 9.59 Å². The minimum Gasteiger partial charge on any atom is -0.353 e. The van der Waals surface area contributed by atoms with Crippen molar-refractivity contribution in [1.82, 2.24) is 10.6 Å². The third-order valence-electron chi connectivity index (χ3n) is 4.96. The van der Waals surface area contributed by atoms with Gasteiger partial charge in [-0.25, -0.2) is 0 Å². The molecule has 0 aliphatic rings. The molecule has 0 aliphatic heterocycles. The Morgan fingerprint density at radius 1 is 1.18 bits per heavy atom. The lowest BCUT2D eigenvalue weighted by molar-refractivity contribution is -0.130. The van der Waals surface area contributed by atoms with Gasteiger partial charge in [-0.2, -0.15) is 0 Å². The van der Waals surface area contributed by atoms with Crippen LogP contribution in [0.25, 0.3) is 0 Å². The molecule has 0 aliphatic carbocycles. The number of hydrogen-bond acceptors (Lipinski definition) is 2. The summed E-state index contributed by atoms with van der Waals surface area (Å²) in [7, 11) is 0. The van der Waals surface area contributed by atoms with E-state index in [1.807, 2.05) is 45.9 Å². The fourth-order valence-corrected chi connectivity index (χ4v) is 2.44. The van der Waals surface area contributed by atoms with E-state index >= 15 is 0 Å². The molecule has 0 saturated carbocycles. The largest absolute Gasteiger partial charge is 0.353 e. The van der Waals surface area contributed by atoms with E-state index in [4.69, 9.17) is 0 Å². The summed E-state index contributed by atoms with van der Waals surface area (Å²) in [4.78, 5) is 23.7. The Morgan fingerprint density at radius 2 is 1.86 bits per heavy atom. The Balaban J connectivity index is 4.78. The molecular formula is C24H40N2O2. The Hall–Kier alpha value is -2.10. The number of hydrogen-bond donors (Lipinski definition) is 2. The summed E-state index contributed by atoms with van der Waals surface area (Å²) in [5, 5.41) is 6.01. The molecule has 2 amide bonds. The molecule has 4 nitrogen and oxygen atoms in total. The molecule has 1 atom stereocenters. The van der Waals surface area contributed by atoms with Crippen LogP contribution in [0.5, 0.6) is 0 Å². The van der Waals surface area contributed by atoms with Crippen molar-refractivity contribution in [3.63, 3.8) is 0 Å². The van der Waals surface area contributed by atoms with Crippen LogP contribution in [0.1, 0.15) is 73.6 Å². The molecule has 0 heterocycles. The topological polar surface area (TPSA) is 58.2 Å². The normalized spacial score (nSPS) is 14.1. The third kappa shape index (κ3) is 10.9. The van der Waals surface area contributed by atoms with Crippen LogP contribution in [0.3, 0.4) is 0 Å². The number of allylic oxidation sites excluding steroid dienone is 5. The van der Waals surface area contributed by atoms with Crippen LogP contribution < -0.4 is 10.6 Å². The van der Waals surface area contributed by atoms with Crippen molar-refractivity contribution in [3.8, 4) is 0 Å². The van der Waals surface area contributed by atoms with Crippen molar-refractivity contribution in [1.29, 1.82) is 0 Å². The van der Waals surface area contributed by atoms with Crippen molar-refractivity contribution < 1.29 is 9.59 Å². The third-order valence-corrected chi connectivity index (χ3v) is 4.96. The van der Waals surface area contributed by atoms with Crippen molar-refractivity contribution in [3.05, 3.63) is 48.1 Å². The Kier molecular flexibility index (Phi) is 12.9. The second-order valence-corrected chi connectivity index (χ2v) is 7.82. The molecule has 2 N–H and O–H groups in total. The average Bonchev–Trinajstić information content (AvgIpc) is 2.67. The summed E-state index contributed by atoms with van der Waals surface area (Å²) < 4.78 is 0. The van der Waals surface area contributed by atoms with E-state index < -0.39 is 0 Å². The monoisotopic (exact) mass is 388 g/mol. The number of rotatable bonds is 13. The zero-order valence-electron chi connectivity index (χ0n) is 18.7. The first-order valence-electron chi connectivity index (χ1n) is 10.4. The standard InChI is InChI=1S/C24H40N2O2/c1-8-13-20(14-12-17-25-22(27)10-3)18-19(5)15-16-21(9-2)26-23(28)24(6,7)11-4/h8,12-15,21H,1,9-11,16-18H2,2-7H3,(H,25,27)(H,26,28)/b14-12-,19-15+,20-13+. The first-order chi connectivity index (χ1) is 13.2. The Labute approximate surface area is 172 Å². The maximum atomic E-state index is 12.4. The van der Waals surface area contributed by atoms with Crippen LogP contribution in [0.4, 0.5) is 0 Å². The van der Waals surface area contributed by atoms with Crippen LogP contribution in [0.15, 0.2) is 48.1 Å². The molecule has 0 rings (SSSR count). The fraction of sp³-hybridized carbons (Fsp3) is 0.583. The van der Waals surface area contributed by atoms with Crippen molar-refractivity contribution >= 4 is 11.8 Å². The number of nitrogens with one attached hydrogen (secondary N) is 2. The minimum absolute atomic E-state index is 0.0499. The lowest BCUT2D eigenvalue weighted by Crippen LogP contribution is -2.42. The van der Waals surface area contributed by atoms with Gasteiger partial charge in [0.25, 0.3) is 0 Å². The smallest absolute Gasteiger partial charge is 0.225 e. The number of carbonyl (C=O) groups excluding carboxylic acids is 2. The van der Waals surface area contributed by atoms with Gasteiger partial charge in [0.05, 0.1) is 0 Å². The molecule has 0 saturated heterocycles. The van der Waals surface area contributed by atoms with Crippen LogP contribution in [0, 0.1) is 5.41 Å². The lowest BCUT2D eigenvalue weighted by Gasteiger charge is -2.25. The molecule has 0 spiro atoms. The first-order valence-corrected chi connectivity index (χ1v) is 10.4. The first kappa shape index (κ1) is 25.9. The van der Waals surface area contributed by atoms with Crippen molar-refractivity contribution in [2.24, 2.45) is 5.41 Å². The Bertz CT molecular complexity index is 598. The van der Waals surface area contributed by atoms with E-state index in [0.717, 1.165) is 31.3 Å². The quantitative estimate of drug-likeness (QED) is 0.335. The summed E-state index contributed by atoms with van der Waals surface area (Å²) in [6, 6.07) is 0.153. The highest BCUT2D eigenvalue weighted by atomic mass is 16.2. The molecule has 0 aromatic carbocycles. The minimum atomic E-state index is -0.329. The Morgan fingerprint density at radius 3 is 2.39 bits per heavy atom. The number of amides is 2. The molecule has 0 aromatic rings. The van der Waals surface area contributed by atoms with Crippen LogP contribution in [-0.4, -0.2) is 24.4 Å². The molecular weight excluding hydrogens is 348 g/mol. The summed E-state index contributed by atoms with van der Waals surface area (Å²) in [5.41, 5.74) is 2.06. The zero-order chi connectivity index (χ0) is 21.6. The fourth-order valence-electron chi connectivity index (χ4n) is 2.44. The van der Waals surface area contributed by atoms with Gasteiger partial charge >= 0.3 is 0 Å². The predicted octanol–water partition coefficient (Wildman–Crippen LogP) is 5.24. The average molecular weight is 389 g/mol. The molecule has 0 fully saturated rings. The van der Waals surface area contributed by atoms with Gasteiger partial charge in [0.15, 0.2) is 0 Å². The maximum Gasteiger partial charge on any atom is 0.225 e. The summed E-state index contributed by atoms with van der Waals surface area (Å²) in [6.45, 7) is 16.4. The second-order valence-electron chi connectivity index (χ2n) is 7.82. The van der Waals surface area contributed by atoms with Gasteiger partial charge in [0.2, 0.25) is 11.8 Å². The van der Waals surface area contributed by atoms with Gasteiger partial charge in [0, 0.05) is 24.4 Å². The molecule has 1 unspecified atom stereocenters. The van der Waals surface area contributed by atoms with Gasteiger partial charge in [-0.05, 0) is 38.2 Å². The highest BCUT2D eigenvalue weighted by Crippen LogP contribution is 2.20. The van der Waals surface area contributed by atoms with Gasteiger partial charge in [0.1, 0.15) is 0 Å². The summed E-state index contributed by atoms with van der Waals surface area (Å²) >= 11 is 0. The van der Waals surface area contributed by atoms with Crippen molar-refractivity contribution in [2.75, 3.05) is 6.54 Å². The van der Waals surface area contributed by atoms with Gasteiger partial charge in [-0.3, -0.25) is 9.59 Å². The zero-order valence-corrected chi connectivity index (χ0v) is 18.7. The van der Waals surface area contributed by atoms with Gasteiger partial charge in [-0.15, -0.1) is 0 Å². The molecule has 0 bridgehead atoms. The van der Waals surface area contributed by atoms with E-state index in [0.29, 0.717) is 13.0 Å². The van der Waals surface area contributed by atoms with Gasteiger partial charge < -0.3 is 10.6 Å². The highest BCUT2D eigenvalue weighted by Gasteiger charge is 2.26. The van der Waals surface area contributed by atoms with Gasteiger partial charge in [-0.1, -0.05) is 77.2 Å². The molecule has 158 valence electrons. The molecule has 0 aromatic heterocycles. The highest BCUT2D eigenvalue weighted by molar-refractivity contribution is 5.82. The second kappa shape index (κ2) is 14.0. The predicted molar refractivity (Wildman–Crippen MR) is 120 cm³/mol. The lowest BCUT2D eigenvalue weighted by atomic mass is 9.88. The van der Waals surface area contributed by atoms with Crippen LogP contribution >= 0.6 is 0 Å². The number of carbonyl (C=O) groups is 2. The van der Waals surface area contributed by atoms with E-state index in [1.165, 1.54) is 5.57 Å². The summed E-state index contributed by atoms with van der Waals surface area (Å²) in [5.74, 6) is 0.172. The van der Waals surface area contributed by atoms with Crippen molar-refractivity contribution in [2.45, 2.75) is 79.7 Å². The SMILES string of the molecule is C=C/C=C(\C=C/CNC(=O)CC)C/C(C)=C/CC(CC)NC(=O)C(C)(C)CC. The van der Waals surface area contributed by atoms with Crippen LogP contribution in [0.2, 0.25) is 0 Å². The van der Waals surface area contributed by atoms with E-state index in [-0.39, 0.29) is 23.3 Å². The molecule has 28 heavy (non-hydrogen) atoms. The van der Waals surface area contributed by atoms with E-state index in [1.54, 1.807) is 6.08 Å². The molecule has 4 heteroatoms. The maximum absolute atomic E-state index is 12.4.